The molecular weight excluding hydrogens is 488 g/mol. The highest BCUT2D eigenvalue weighted by Gasteiger charge is 2.24. The summed E-state index contributed by atoms with van der Waals surface area (Å²) < 4.78 is 11.8. The van der Waals surface area contributed by atoms with Crippen LogP contribution < -0.4 is 5.43 Å². The Kier molecular flexibility index (Phi) is 8.05. The van der Waals surface area contributed by atoms with E-state index in [9.17, 15) is 9.59 Å². The van der Waals surface area contributed by atoms with E-state index in [4.69, 9.17) is 9.47 Å². The van der Waals surface area contributed by atoms with Crippen molar-refractivity contribution in [3.05, 3.63) is 25.6 Å². The number of hydrogen-bond donors (Lipinski definition) is 1. The van der Waals surface area contributed by atoms with Gasteiger partial charge in [-0.1, -0.05) is 15.9 Å². The van der Waals surface area contributed by atoms with Crippen molar-refractivity contribution in [2.24, 2.45) is 5.10 Å². The predicted octanol–water partition coefficient (Wildman–Crippen LogP) is 3.87. The van der Waals surface area contributed by atoms with E-state index in [0.29, 0.717) is 14.6 Å². The summed E-state index contributed by atoms with van der Waals surface area (Å²) in [7, 11) is 0. The first-order valence-electron chi connectivity index (χ1n) is 6.23. The van der Waals surface area contributed by atoms with E-state index >= 15 is 0 Å². The molecule has 0 aromatic heterocycles. The molecule has 1 N–H and O–H groups in total. The Morgan fingerprint density at radius 2 is 1.50 bits per heavy atom. The van der Waals surface area contributed by atoms with E-state index in [1.807, 2.05) is 0 Å². The monoisotopic (exact) mass is 498 g/mol. The molecule has 1 rings (SSSR count). The van der Waals surface area contributed by atoms with Crippen LogP contribution in [-0.2, 0) is 19.1 Å². The summed E-state index contributed by atoms with van der Waals surface area (Å²) >= 11 is 10.1. The number of anilines is 1. The second kappa shape index (κ2) is 9.26. The molecule has 120 valence electrons. The quantitative estimate of drug-likeness (QED) is 0.278. The van der Waals surface area contributed by atoms with Crippen LogP contribution in [0.1, 0.15) is 13.8 Å². The van der Waals surface area contributed by atoms with Gasteiger partial charge >= 0.3 is 11.9 Å². The molecule has 0 atom stereocenters. The maximum atomic E-state index is 11.8. The highest BCUT2D eigenvalue weighted by atomic mass is 79.9. The normalized spacial score (nSPS) is 9.86. The van der Waals surface area contributed by atoms with Crippen molar-refractivity contribution in [3.63, 3.8) is 0 Å². The first-order valence-corrected chi connectivity index (χ1v) is 8.61. The van der Waals surface area contributed by atoms with Crippen LogP contribution >= 0.6 is 47.8 Å². The Morgan fingerprint density at radius 3 is 1.91 bits per heavy atom. The number of nitrogens with one attached hydrogen (secondary N) is 1. The van der Waals surface area contributed by atoms with Gasteiger partial charge in [0.1, 0.15) is 0 Å². The lowest BCUT2D eigenvalue weighted by atomic mass is 10.3. The summed E-state index contributed by atoms with van der Waals surface area (Å²) in [4.78, 5) is 23.6. The molecule has 0 saturated heterocycles. The zero-order valence-corrected chi connectivity index (χ0v) is 16.5. The van der Waals surface area contributed by atoms with Gasteiger partial charge in [-0.3, -0.25) is 5.43 Å². The summed E-state index contributed by atoms with van der Waals surface area (Å²) in [5.41, 5.74) is 2.76. The Hall–Kier alpha value is -0.930. The molecule has 0 aliphatic rings. The fraction of sp³-hybridized carbons (Fsp3) is 0.308. The van der Waals surface area contributed by atoms with Crippen LogP contribution in [0.3, 0.4) is 0 Å². The zero-order valence-electron chi connectivity index (χ0n) is 11.8. The molecule has 0 bridgehead atoms. The number of hydrazone groups is 1. The summed E-state index contributed by atoms with van der Waals surface area (Å²) in [5, 5.41) is 3.82. The van der Waals surface area contributed by atoms with Gasteiger partial charge in [-0.25, -0.2) is 9.59 Å². The molecule has 0 saturated carbocycles. The zero-order chi connectivity index (χ0) is 16.7. The molecular formula is C13H13Br3N2O4. The van der Waals surface area contributed by atoms with Crippen LogP contribution in [0.25, 0.3) is 0 Å². The van der Waals surface area contributed by atoms with Crippen LogP contribution in [0.4, 0.5) is 5.69 Å². The van der Waals surface area contributed by atoms with Gasteiger partial charge in [0.05, 0.1) is 18.9 Å². The number of benzene rings is 1. The van der Waals surface area contributed by atoms with Gasteiger partial charge < -0.3 is 9.47 Å². The molecule has 0 unspecified atom stereocenters. The number of ether oxygens (including phenoxy) is 2. The fourth-order valence-corrected chi connectivity index (χ4v) is 3.77. The van der Waals surface area contributed by atoms with Gasteiger partial charge in [0.2, 0.25) is 0 Å². The van der Waals surface area contributed by atoms with Crippen LogP contribution in [0.15, 0.2) is 30.7 Å². The predicted molar refractivity (Wildman–Crippen MR) is 93.9 cm³/mol. The van der Waals surface area contributed by atoms with E-state index < -0.39 is 17.7 Å². The van der Waals surface area contributed by atoms with E-state index in [2.05, 4.69) is 58.3 Å². The second-order valence-corrected chi connectivity index (χ2v) is 6.38. The van der Waals surface area contributed by atoms with Crippen molar-refractivity contribution >= 4 is 71.1 Å². The minimum Gasteiger partial charge on any atom is -0.461 e. The molecule has 1 aromatic rings. The smallest absolute Gasteiger partial charge is 0.366 e. The minimum absolute atomic E-state index is 0.128. The van der Waals surface area contributed by atoms with Gasteiger partial charge in [0, 0.05) is 13.4 Å². The number of rotatable bonds is 6. The molecule has 0 amide bonds. The number of halogens is 3. The van der Waals surface area contributed by atoms with E-state index in [0.717, 1.165) is 4.47 Å². The van der Waals surface area contributed by atoms with Crippen LogP contribution in [0, 0.1) is 0 Å². The highest BCUT2D eigenvalue weighted by molar-refractivity contribution is 9.11. The maximum absolute atomic E-state index is 11.8. The lowest BCUT2D eigenvalue weighted by molar-refractivity contribution is -0.140. The SMILES string of the molecule is CCOC(=O)C(=NNc1c(Br)cc(Br)cc1Br)C(=O)OCC. The standard InChI is InChI=1S/C13H13Br3N2O4/c1-3-21-12(19)11(13(20)22-4-2)18-17-10-8(15)5-7(14)6-9(10)16/h5-6,17H,3-4H2,1-2H3. The van der Waals surface area contributed by atoms with E-state index in [1.165, 1.54) is 0 Å². The molecule has 0 fully saturated rings. The number of carbonyl (C=O) groups excluding carboxylic acids is 2. The summed E-state index contributed by atoms with van der Waals surface area (Å²) in [6.45, 7) is 3.53. The summed E-state index contributed by atoms with van der Waals surface area (Å²) in [5.74, 6) is -1.70. The second-order valence-electron chi connectivity index (χ2n) is 3.76. The molecule has 6 nitrogen and oxygen atoms in total. The fourth-order valence-electron chi connectivity index (χ4n) is 1.33. The average molecular weight is 501 g/mol. The Bertz CT molecular complexity index is 562. The third-order valence-electron chi connectivity index (χ3n) is 2.22. The third-order valence-corrected chi connectivity index (χ3v) is 3.93. The highest BCUT2D eigenvalue weighted by Crippen LogP contribution is 2.34. The first kappa shape index (κ1) is 19.1. The molecule has 22 heavy (non-hydrogen) atoms. The van der Waals surface area contributed by atoms with Crippen molar-refractivity contribution in [3.8, 4) is 0 Å². The van der Waals surface area contributed by atoms with Crippen LogP contribution in [0.5, 0.6) is 0 Å². The Labute approximate surface area is 153 Å². The lowest BCUT2D eigenvalue weighted by Crippen LogP contribution is -2.29. The van der Waals surface area contributed by atoms with Gasteiger partial charge in [0.15, 0.2) is 0 Å². The molecule has 1 aromatic carbocycles. The average Bonchev–Trinajstić information content (AvgIpc) is 2.42. The Morgan fingerprint density at radius 1 is 1.05 bits per heavy atom. The molecule has 0 aliphatic heterocycles. The number of hydrogen-bond acceptors (Lipinski definition) is 6. The van der Waals surface area contributed by atoms with Crippen LogP contribution in [-0.4, -0.2) is 30.9 Å². The molecule has 0 spiro atoms. The van der Waals surface area contributed by atoms with Crippen molar-refractivity contribution in [1.29, 1.82) is 0 Å². The van der Waals surface area contributed by atoms with Gasteiger partial charge in [-0.05, 0) is 57.8 Å². The van der Waals surface area contributed by atoms with Gasteiger partial charge in [-0.2, -0.15) is 5.10 Å². The first-order chi connectivity index (χ1) is 10.4. The number of esters is 2. The number of nitrogens with zero attached hydrogens (tertiary/aromatic N) is 1. The lowest BCUT2D eigenvalue weighted by Gasteiger charge is -2.09. The molecule has 0 aliphatic carbocycles. The van der Waals surface area contributed by atoms with Gasteiger partial charge in [-0.15, -0.1) is 0 Å². The van der Waals surface area contributed by atoms with Crippen molar-refractivity contribution in [1.82, 2.24) is 0 Å². The summed E-state index contributed by atoms with van der Waals surface area (Å²) in [6.07, 6.45) is 0. The van der Waals surface area contributed by atoms with Gasteiger partial charge in [0.25, 0.3) is 5.71 Å². The van der Waals surface area contributed by atoms with E-state index in [1.54, 1.807) is 26.0 Å². The Balaban J connectivity index is 3.08. The van der Waals surface area contributed by atoms with Crippen LogP contribution in [0.2, 0.25) is 0 Å². The van der Waals surface area contributed by atoms with Crippen molar-refractivity contribution in [2.45, 2.75) is 13.8 Å². The topological polar surface area (TPSA) is 77.0 Å². The molecule has 0 radical (unpaired) electrons. The molecule has 9 heteroatoms. The number of carbonyl (C=O) groups is 2. The van der Waals surface area contributed by atoms with Crippen molar-refractivity contribution < 1.29 is 19.1 Å². The van der Waals surface area contributed by atoms with E-state index in [-0.39, 0.29) is 13.2 Å². The molecule has 0 heterocycles. The third kappa shape index (κ3) is 5.36. The van der Waals surface area contributed by atoms with Crippen molar-refractivity contribution in [2.75, 3.05) is 18.6 Å². The maximum Gasteiger partial charge on any atom is 0.366 e. The minimum atomic E-state index is -0.849. The largest absolute Gasteiger partial charge is 0.461 e. The summed E-state index contributed by atoms with van der Waals surface area (Å²) in [6, 6.07) is 3.58.